The third kappa shape index (κ3) is 5.06. The van der Waals surface area contributed by atoms with Gasteiger partial charge < -0.3 is 14.8 Å². The summed E-state index contributed by atoms with van der Waals surface area (Å²) in [6.45, 7) is 6.62. The quantitative estimate of drug-likeness (QED) is 0.640. The standard InChI is InChI=1S/C24H29ClFN3O4/c1-3-19-21-20(11-24(14-27-22(21)30)6-8-32-9-7-24)29(28-19)12-15(2)13-33-23(31)16-4-5-17(25)18(26)10-16/h4-5,10,15H,3,6-9,11-14H2,1-2H3,(H,27,30)/t15-/m1/s1. The number of amides is 1. The lowest BCUT2D eigenvalue weighted by Gasteiger charge is -2.36. The number of esters is 1. The minimum atomic E-state index is -0.661. The molecule has 0 aliphatic carbocycles. The Hall–Kier alpha value is -2.45. The van der Waals surface area contributed by atoms with Crippen molar-refractivity contribution in [1.82, 2.24) is 15.1 Å². The third-order valence-corrected chi connectivity index (χ3v) is 6.86. The lowest BCUT2D eigenvalue weighted by atomic mass is 9.76. The van der Waals surface area contributed by atoms with Gasteiger partial charge in [-0.3, -0.25) is 9.48 Å². The molecule has 0 unspecified atom stereocenters. The Morgan fingerprint density at radius 3 is 2.85 bits per heavy atom. The van der Waals surface area contributed by atoms with Gasteiger partial charge in [-0.25, -0.2) is 9.18 Å². The van der Waals surface area contributed by atoms with Gasteiger partial charge in [0, 0.05) is 32.2 Å². The number of rotatable bonds is 6. The summed E-state index contributed by atoms with van der Waals surface area (Å²) in [5.41, 5.74) is 2.50. The van der Waals surface area contributed by atoms with Gasteiger partial charge in [-0.2, -0.15) is 5.10 Å². The summed E-state index contributed by atoms with van der Waals surface area (Å²) in [7, 11) is 0. The summed E-state index contributed by atoms with van der Waals surface area (Å²) >= 11 is 5.68. The summed E-state index contributed by atoms with van der Waals surface area (Å²) in [5, 5.41) is 7.81. The van der Waals surface area contributed by atoms with E-state index in [4.69, 9.17) is 26.2 Å². The van der Waals surface area contributed by atoms with E-state index in [1.807, 2.05) is 18.5 Å². The number of ether oxygens (including phenoxy) is 2. The van der Waals surface area contributed by atoms with Crippen LogP contribution in [-0.2, 0) is 28.9 Å². The minimum Gasteiger partial charge on any atom is -0.462 e. The molecule has 0 radical (unpaired) electrons. The summed E-state index contributed by atoms with van der Waals surface area (Å²) in [5.74, 6) is -1.39. The molecule has 1 saturated heterocycles. The van der Waals surface area contributed by atoms with Gasteiger partial charge in [0.2, 0.25) is 0 Å². The molecule has 2 aromatic rings. The Morgan fingerprint density at radius 2 is 2.15 bits per heavy atom. The molecule has 1 amide bonds. The van der Waals surface area contributed by atoms with Crippen LogP contribution in [0, 0.1) is 17.2 Å². The van der Waals surface area contributed by atoms with Gasteiger partial charge in [0.25, 0.3) is 5.91 Å². The molecule has 1 aromatic carbocycles. The number of hydrogen-bond donors (Lipinski definition) is 1. The maximum atomic E-state index is 13.6. The monoisotopic (exact) mass is 477 g/mol. The molecule has 0 saturated carbocycles. The van der Waals surface area contributed by atoms with Crippen LogP contribution in [-0.4, -0.2) is 48.0 Å². The molecule has 178 valence electrons. The van der Waals surface area contributed by atoms with Crippen LogP contribution in [0.1, 0.15) is 58.8 Å². The number of carbonyl (C=O) groups is 2. The lowest BCUT2D eigenvalue weighted by Crippen LogP contribution is -2.41. The Labute approximate surface area is 197 Å². The molecule has 1 aromatic heterocycles. The maximum Gasteiger partial charge on any atom is 0.338 e. The van der Waals surface area contributed by atoms with E-state index in [9.17, 15) is 14.0 Å². The number of aryl methyl sites for hydroxylation is 1. The normalized spacial score (nSPS) is 18.4. The van der Waals surface area contributed by atoms with Crippen molar-refractivity contribution in [2.24, 2.45) is 11.3 Å². The number of aromatic nitrogens is 2. The van der Waals surface area contributed by atoms with Crippen LogP contribution in [0.15, 0.2) is 18.2 Å². The maximum absolute atomic E-state index is 13.6. The van der Waals surface area contributed by atoms with Crippen LogP contribution in [0.5, 0.6) is 0 Å². The van der Waals surface area contributed by atoms with Crippen molar-refractivity contribution >= 4 is 23.5 Å². The summed E-state index contributed by atoms with van der Waals surface area (Å²) in [6.07, 6.45) is 3.20. The number of halogens is 2. The average molecular weight is 478 g/mol. The first-order valence-electron chi connectivity index (χ1n) is 11.4. The van der Waals surface area contributed by atoms with Crippen molar-refractivity contribution in [2.45, 2.75) is 46.1 Å². The molecule has 2 aliphatic heterocycles. The number of nitrogens with one attached hydrogen (secondary N) is 1. The van der Waals surface area contributed by atoms with Crippen molar-refractivity contribution in [3.63, 3.8) is 0 Å². The second kappa shape index (κ2) is 9.81. The fourth-order valence-electron chi connectivity index (χ4n) is 4.60. The molecule has 7 nitrogen and oxygen atoms in total. The number of carbonyl (C=O) groups excluding carboxylic acids is 2. The van der Waals surface area contributed by atoms with E-state index >= 15 is 0 Å². The number of fused-ring (bicyclic) bond motifs is 1. The number of benzene rings is 1. The molecule has 33 heavy (non-hydrogen) atoms. The van der Waals surface area contributed by atoms with Crippen molar-refractivity contribution in [1.29, 1.82) is 0 Å². The molecule has 1 N–H and O–H groups in total. The van der Waals surface area contributed by atoms with Crippen LogP contribution in [0.3, 0.4) is 0 Å². The molecule has 4 rings (SSSR count). The van der Waals surface area contributed by atoms with E-state index in [2.05, 4.69) is 5.32 Å². The zero-order valence-corrected chi connectivity index (χ0v) is 19.7. The van der Waals surface area contributed by atoms with E-state index in [-0.39, 0.29) is 34.4 Å². The van der Waals surface area contributed by atoms with E-state index in [1.165, 1.54) is 12.1 Å². The first-order chi connectivity index (χ1) is 15.8. The van der Waals surface area contributed by atoms with Crippen molar-refractivity contribution < 1.29 is 23.5 Å². The second-order valence-corrected chi connectivity index (χ2v) is 9.52. The Morgan fingerprint density at radius 1 is 1.39 bits per heavy atom. The van der Waals surface area contributed by atoms with E-state index in [1.54, 1.807) is 0 Å². The molecule has 1 fully saturated rings. The number of hydrogen-bond acceptors (Lipinski definition) is 5. The molecular formula is C24H29ClFN3O4. The topological polar surface area (TPSA) is 82.5 Å². The van der Waals surface area contributed by atoms with E-state index in [0.29, 0.717) is 38.3 Å². The van der Waals surface area contributed by atoms with Gasteiger partial charge in [0.1, 0.15) is 5.82 Å². The zero-order valence-electron chi connectivity index (χ0n) is 19.0. The molecule has 3 heterocycles. The minimum absolute atomic E-state index is 0.0314. The van der Waals surface area contributed by atoms with Gasteiger partial charge in [-0.05, 0) is 49.3 Å². The zero-order chi connectivity index (χ0) is 23.6. The van der Waals surface area contributed by atoms with Crippen LogP contribution in [0.4, 0.5) is 4.39 Å². The predicted octanol–water partition coefficient (Wildman–Crippen LogP) is 3.81. The van der Waals surface area contributed by atoms with Gasteiger partial charge in [0.05, 0.1) is 34.1 Å². The first-order valence-corrected chi connectivity index (χ1v) is 11.8. The SMILES string of the molecule is CCc1nn(C[C@@H](C)COC(=O)c2ccc(Cl)c(F)c2)c2c1C(=O)NCC1(CCOCC1)C2. The summed E-state index contributed by atoms with van der Waals surface area (Å²) in [6, 6.07) is 3.84. The second-order valence-electron chi connectivity index (χ2n) is 9.11. The van der Waals surface area contributed by atoms with Gasteiger partial charge in [-0.1, -0.05) is 25.4 Å². The summed E-state index contributed by atoms with van der Waals surface area (Å²) in [4.78, 5) is 25.2. The highest BCUT2D eigenvalue weighted by Crippen LogP contribution is 2.37. The van der Waals surface area contributed by atoms with Crippen LogP contribution in [0.2, 0.25) is 5.02 Å². The molecule has 9 heteroatoms. The van der Waals surface area contributed by atoms with Crippen molar-refractivity contribution in [3.8, 4) is 0 Å². The molecule has 0 bridgehead atoms. The molecule has 1 spiro atoms. The van der Waals surface area contributed by atoms with Gasteiger partial charge >= 0.3 is 5.97 Å². The van der Waals surface area contributed by atoms with Crippen LogP contribution < -0.4 is 5.32 Å². The molecule has 2 aliphatic rings. The smallest absolute Gasteiger partial charge is 0.338 e. The van der Waals surface area contributed by atoms with Crippen molar-refractivity contribution in [2.75, 3.05) is 26.4 Å². The Kier molecular flexibility index (Phi) is 7.05. The third-order valence-electron chi connectivity index (χ3n) is 6.55. The molecular weight excluding hydrogens is 449 g/mol. The van der Waals surface area contributed by atoms with Gasteiger partial charge in [-0.15, -0.1) is 0 Å². The highest BCUT2D eigenvalue weighted by molar-refractivity contribution is 6.30. The van der Waals surface area contributed by atoms with E-state index < -0.39 is 11.8 Å². The predicted molar refractivity (Wildman–Crippen MR) is 121 cm³/mol. The number of nitrogens with zero attached hydrogens (tertiary/aromatic N) is 2. The Bertz CT molecular complexity index is 1050. The Balaban J connectivity index is 1.49. The van der Waals surface area contributed by atoms with E-state index in [0.717, 1.165) is 36.7 Å². The molecule has 1 atom stereocenters. The summed E-state index contributed by atoms with van der Waals surface area (Å²) < 4.78 is 26.5. The van der Waals surface area contributed by atoms with Crippen LogP contribution in [0.25, 0.3) is 0 Å². The fourth-order valence-corrected chi connectivity index (χ4v) is 4.71. The lowest BCUT2D eigenvalue weighted by molar-refractivity contribution is 0.0151. The highest BCUT2D eigenvalue weighted by atomic mass is 35.5. The largest absolute Gasteiger partial charge is 0.462 e. The first kappa shape index (κ1) is 23.7. The van der Waals surface area contributed by atoms with Crippen molar-refractivity contribution in [3.05, 3.63) is 51.6 Å². The van der Waals surface area contributed by atoms with Gasteiger partial charge in [0.15, 0.2) is 0 Å². The average Bonchev–Trinajstić information content (AvgIpc) is 3.07. The highest BCUT2D eigenvalue weighted by Gasteiger charge is 2.39. The van der Waals surface area contributed by atoms with Crippen LogP contribution >= 0.6 is 11.6 Å². The fraction of sp³-hybridized carbons (Fsp3) is 0.542.